The van der Waals surface area contributed by atoms with Crippen LogP contribution in [0.4, 0.5) is 0 Å². The summed E-state index contributed by atoms with van der Waals surface area (Å²) >= 11 is 1.96. The van der Waals surface area contributed by atoms with E-state index in [-0.39, 0.29) is 18.2 Å². The predicted molar refractivity (Wildman–Crippen MR) is 86.8 cm³/mol. The van der Waals surface area contributed by atoms with E-state index in [2.05, 4.69) is 10.6 Å². The lowest BCUT2D eigenvalue weighted by molar-refractivity contribution is -0.305. The van der Waals surface area contributed by atoms with Crippen molar-refractivity contribution in [2.45, 2.75) is 57.9 Å². The molecule has 0 radical (unpaired) electrons. The van der Waals surface area contributed by atoms with Crippen molar-refractivity contribution in [3.63, 3.8) is 0 Å². The Morgan fingerprint density at radius 3 is 2.43 bits per heavy atom. The minimum atomic E-state index is -1.04. The lowest BCUT2D eigenvalue weighted by Gasteiger charge is -2.17. The van der Waals surface area contributed by atoms with E-state index in [4.69, 9.17) is 0 Å². The zero-order valence-corrected chi connectivity index (χ0v) is 14.6. The van der Waals surface area contributed by atoms with Gasteiger partial charge in [-0.1, -0.05) is 48.8 Å². The van der Waals surface area contributed by atoms with Gasteiger partial charge < -0.3 is 20.5 Å². The molecule has 1 atom stereocenters. The molecule has 0 aromatic rings. The zero-order chi connectivity index (χ0) is 16.1. The predicted octanol–water partition coefficient (Wildman–Crippen LogP) is 0.523. The highest BCUT2D eigenvalue weighted by molar-refractivity contribution is 14.1. The number of unbranched alkanes of at least 4 members (excludes halogenated alkanes) is 3. The van der Waals surface area contributed by atoms with Crippen LogP contribution < -0.4 is 15.7 Å². The number of hydrogen-bond donors (Lipinski definition) is 2. The van der Waals surface area contributed by atoms with Crippen molar-refractivity contribution in [3.05, 3.63) is 0 Å². The Hall–Kier alpha value is -0.860. The molecule has 0 heterocycles. The molecule has 1 unspecified atom stereocenters. The molecule has 6 nitrogen and oxygen atoms in total. The molecule has 122 valence electrons. The highest BCUT2D eigenvalue weighted by Crippen LogP contribution is 2.02. The van der Waals surface area contributed by atoms with Gasteiger partial charge in [-0.25, -0.2) is 0 Å². The Balaban J connectivity index is 3.98. The minimum Gasteiger partial charge on any atom is -0.550 e. The molecule has 0 aliphatic rings. The number of amides is 2. The number of carboxylic acid groups (broad SMARTS) is 1. The van der Waals surface area contributed by atoms with Gasteiger partial charge in [0.25, 0.3) is 0 Å². The first-order valence-electron chi connectivity index (χ1n) is 7.34. The molecular formula is C14H24IN2O4-. The second kappa shape index (κ2) is 12.8. The smallest absolute Gasteiger partial charge is 0.242 e. The van der Waals surface area contributed by atoms with Crippen LogP contribution in [-0.2, 0) is 14.4 Å². The third-order valence-electron chi connectivity index (χ3n) is 2.98. The Bertz CT molecular complexity index is 337. The van der Waals surface area contributed by atoms with Crippen molar-refractivity contribution >= 4 is 40.4 Å². The summed E-state index contributed by atoms with van der Waals surface area (Å²) in [6, 6.07) is -0.476. The van der Waals surface area contributed by atoms with Gasteiger partial charge in [-0.15, -0.1) is 0 Å². The summed E-state index contributed by atoms with van der Waals surface area (Å²) < 4.78 is 0.330. The number of aliphatic carboxylic acids is 1. The van der Waals surface area contributed by atoms with Crippen LogP contribution in [0.3, 0.4) is 0 Å². The average Bonchev–Trinajstić information content (AvgIpc) is 2.46. The Kier molecular flexibility index (Phi) is 12.3. The van der Waals surface area contributed by atoms with Crippen molar-refractivity contribution in [3.8, 4) is 0 Å². The Morgan fingerprint density at radius 1 is 1.14 bits per heavy atom. The van der Waals surface area contributed by atoms with Crippen molar-refractivity contribution in [2.75, 3.05) is 11.0 Å². The van der Waals surface area contributed by atoms with Gasteiger partial charge >= 0.3 is 0 Å². The number of alkyl halides is 1. The number of nitrogens with one attached hydrogen (secondary N) is 2. The summed E-state index contributed by atoms with van der Waals surface area (Å²) in [6.45, 7) is 2.53. The maximum absolute atomic E-state index is 12.0. The van der Waals surface area contributed by atoms with Gasteiger partial charge in [0.1, 0.15) is 6.04 Å². The van der Waals surface area contributed by atoms with Gasteiger partial charge in [0.05, 0.1) is 4.43 Å². The fraction of sp³-hybridized carbons (Fsp3) is 0.786. The van der Waals surface area contributed by atoms with Crippen molar-refractivity contribution in [2.24, 2.45) is 0 Å². The Morgan fingerprint density at radius 2 is 1.86 bits per heavy atom. The molecule has 21 heavy (non-hydrogen) atoms. The van der Waals surface area contributed by atoms with Gasteiger partial charge in [0.2, 0.25) is 11.8 Å². The first-order valence-corrected chi connectivity index (χ1v) is 8.86. The summed E-state index contributed by atoms with van der Waals surface area (Å²) in [5, 5.41) is 15.8. The fourth-order valence-corrected chi connectivity index (χ4v) is 2.04. The number of carbonyl (C=O) groups is 3. The highest BCUT2D eigenvalue weighted by Gasteiger charge is 2.19. The molecule has 0 bridgehead atoms. The van der Waals surface area contributed by atoms with Crippen LogP contribution in [0.25, 0.3) is 0 Å². The van der Waals surface area contributed by atoms with E-state index in [0.717, 1.165) is 25.7 Å². The van der Waals surface area contributed by atoms with E-state index >= 15 is 0 Å². The molecule has 0 aromatic heterocycles. The monoisotopic (exact) mass is 411 g/mol. The van der Waals surface area contributed by atoms with Gasteiger partial charge in [-0.2, -0.15) is 0 Å². The fourth-order valence-electron chi connectivity index (χ4n) is 1.82. The number of halogens is 1. The van der Waals surface area contributed by atoms with E-state index in [9.17, 15) is 19.5 Å². The third kappa shape index (κ3) is 11.5. The Labute approximate surface area is 139 Å². The molecule has 0 aromatic carbocycles. The standard InChI is InChI=1S/C14H25IN2O4/c1-2-3-7-11(17-12(18)10-15)14(21)16-9-6-4-5-8-13(19)20/h11H,2-10H2,1H3,(H,16,21)(H,17,18)(H,19,20)/p-1. The quantitative estimate of drug-likeness (QED) is 0.278. The number of carbonyl (C=O) groups excluding carboxylic acids is 3. The molecular weight excluding hydrogens is 387 g/mol. The second-order valence-corrected chi connectivity index (χ2v) is 5.63. The molecule has 0 aliphatic heterocycles. The zero-order valence-electron chi connectivity index (χ0n) is 12.5. The topological polar surface area (TPSA) is 98.3 Å². The van der Waals surface area contributed by atoms with Gasteiger partial charge in [0.15, 0.2) is 0 Å². The largest absolute Gasteiger partial charge is 0.550 e. The first kappa shape index (κ1) is 20.1. The molecule has 0 saturated carbocycles. The van der Waals surface area contributed by atoms with Gasteiger partial charge in [0, 0.05) is 12.5 Å². The van der Waals surface area contributed by atoms with Crippen LogP contribution in [0, 0.1) is 0 Å². The molecule has 0 saturated heterocycles. The molecule has 2 amide bonds. The molecule has 7 heteroatoms. The first-order chi connectivity index (χ1) is 10.0. The normalized spacial score (nSPS) is 11.7. The number of hydrogen-bond acceptors (Lipinski definition) is 4. The van der Waals surface area contributed by atoms with E-state index in [1.54, 1.807) is 0 Å². The maximum Gasteiger partial charge on any atom is 0.242 e. The van der Waals surface area contributed by atoms with Crippen molar-refractivity contribution < 1.29 is 19.5 Å². The highest BCUT2D eigenvalue weighted by atomic mass is 127. The summed E-state index contributed by atoms with van der Waals surface area (Å²) in [7, 11) is 0. The maximum atomic E-state index is 12.0. The molecule has 0 fully saturated rings. The van der Waals surface area contributed by atoms with Gasteiger partial charge in [-0.3, -0.25) is 9.59 Å². The molecule has 0 spiro atoms. The summed E-state index contributed by atoms with van der Waals surface area (Å²) in [5.74, 6) is -1.34. The van der Waals surface area contributed by atoms with E-state index in [1.165, 1.54) is 0 Å². The molecule has 2 N–H and O–H groups in total. The number of rotatable bonds is 12. The second-order valence-electron chi connectivity index (χ2n) is 4.87. The van der Waals surface area contributed by atoms with E-state index in [0.29, 0.717) is 23.8 Å². The molecule has 0 aliphatic carbocycles. The van der Waals surface area contributed by atoms with Crippen molar-refractivity contribution in [1.82, 2.24) is 10.6 Å². The van der Waals surface area contributed by atoms with Gasteiger partial charge in [-0.05, 0) is 25.7 Å². The third-order valence-corrected chi connectivity index (χ3v) is 3.67. The van der Waals surface area contributed by atoms with Crippen LogP contribution in [0.5, 0.6) is 0 Å². The van der Waals surface area contributed by atoms with Crippen LogP contribution in [-0.4, -0.2) is 34.8 Å². The lowest BCUT2D eigenvalue weighted by atomic mass is 10.1. The summed E-state index contributed by atoms with van der Waals surface area (Å²) in [6.07, 6.45) is 4.54. The van der Waals surface area contributed by atoms with Crippen molar-refractivity contribution in [1.29, 1.82) is 0 Å². The minimum absolute atomic E-state index is 0.0544. The summed E-state index contributed by atoms with van der Waals surface area (Å²) in [4.78, 5) is 33.7. The number of carboxylic acids is 1. The van der Waals surface area contributed by atoms with E-state index < -0.39 is 12.0 Å². The van der Waals surface area contributed by atoms with Crippen LogP contribution in [0.1, 0.15) is 51.9 Å². The van der Waals surface area contributed by atoms with Crippen LogP contribution in [0.15, 0.2) is 0 Å². The molecule has 0 rings (SSSR count). The average molecular weight is 411 g/mol. The van der Waals surface area contributed by atoms with E-state index in [1.807, 2.05) is 29.5 Å². The van der Waals surface area contributed by atoms with Crippen LogP contribution >= 0.6 is 22.6 Å². The van der Waals surface area contributed by atoms with Crippen LogP contribution in [0.2, 0.25) is 0 Å². The SMILES string of the molecule is CCCCC(NC(=O)CI)C(=O)NCCCCCC(=O)[O-]. The lowest BCUT2D eigenvalue weighted by Crippen LogP contribution is -2.47. The summed E-state index contributed by atoms with van der Waals surface area (Å²) in [5.41, 5.74) is 0.